The Labute approximate surface area is 200 Å². The molecule has 2 saturated carbocycles. The van der Waals surface area contributed by atoms with Gasteiger partial charge in [-0.15, -0.1) is 0 Å². The standard InChI is InChI=1S/C24H34O9S/c1-14(25)32-12-23(4)18-7-10-24(13-34(28,29)30)17-11-31-21(27)16(17)5-6-19(24)22(18,3)9-8-20(23)33-15(2)26/h5,17-20H,6-13H2,1-4H3,(H,28,29,30)/t17?,18?,19?,20-,22-,23+,24+/m1/s1. The Morgan fingerprint density at radius 1 is 1.15 bits per heavy atom. The minimum atomic E-state index is -4.33. The average molecular weight is 499 g/mol. The number of carbonyl (C=O) groups is 3. The van der Waals surface area contributed by atoms with Gasteiger partial charge < -0.3 is 14.2 Å². The third-order valence-corrected chi connectivity index (χ3v) is 10.2. The van der Waals surface area contributed by atoms with Crippen molar-refractivity contribution in [3.8, 4) is 0 Å². The number of fused-ring (bicyclic) bond motifs is 5. The summed E-state index contributed by atoms with van der Waals surface area (Å²) in [5.74, 6) is -2.25. The number of ether oxygens (including phenoxy) is 3. The van der Waals surface area contributed by atoms with E-state index in [4.69, 9.17) is 14.2 Å². The Morgan fingerprint density at radius 3 is 2.47 bits per heavy atom. The third-order valence-electron chi connectivity index (χ3n) is 9.27. The van der Waals surface area contributed by atoms with Gasteiger partial charge in [-0.25, -0.2) is 4.79 Å². The molecule has 0 aromatic carbocycles. The topological polar surface area (TPSA) is 133 Å². The van der Waals surface area contributed by atoms with Gasteiger partial charge in [-0.1, -0.05) is 19.9 Å². The van der Waals surface area contributed by atoms with E-state index in [9.17, 15) is 27.4 Å². The molecule has 3 unspecified atom stereocenters. The average Bonchev–Trinajstić information content (AvgIpc) is 3.09. The Kier molecular flexibility index (Phi) is 6.16. The number of hydrogen-bond donors (Lipinski definition) is 1. The summed E-state index contributed by atoms with van der Waals surface area (Å²) in [7, 11) is -4.33. The molecule has 190 valence electrons. The van der Waals surface area contributed by atoms with Crippen molar-refractivity contribution < 1.29 is 41.6 Å². The van der Waals surface area contributed by atoms with Crippen LogP contribution in [-0.4, -0.2) is 55.9 Å². The maximum atomic E-state index is 12.4. The maximum absolute atomic E-state index is 12.4. The van der Waals surface area contributed by atoms with Crippen molar-refractivity contribution in [2.24, 2.45) is 34.0 Å². The van der Waals surface area contributed by atoms with E-state index >= 15 is 0 Å². The highest BCUT2D eigenvalue weighted by molar-refractivity contribution is 7.85. The fourth-order valence-corrected chi connectivity index (χ4v) is 9.27. The number of allylic oxidation sites excluding steroid dienone is 1. The molecule has 7 atom stereocenters. The quantitative estimate of drug-likeness (QED) is 0.345. The van der Waals surface area contributed by atoms with Crippen LogP contribution in [0.1, 0.15) is 59.8 Å². The molecule has 0 amide bonds. The van der Waals surface area contributed by atoms with E-state index in [1.54, 1.807) is 0 Å². The predicted molar refractivity (Wildman–Crippen MR) is 120 cm³/mol. The molecule has 3 fully saturated rings. The van der Waals surface area contributed by atoms with Crippen molar-refractivity contribution in [1.82, 2.24) is 0 Å². The molecule has 4 aliphatic rings. The van der Waals surface area contributed by atoms with Crippen molar-refractivity contribution in [2.45, 2.75) is 65.9 Å². The van der Waals surface area contributed by atoms with Crippen LogP contribution < -0.4 is 0 Å². The smallest absolute Gasteiger partial charge is 0.334 e. The predicted octanol–water partition coefficient (Wildman–Crippen LogP) is 2.69. The van der Waals surface area contributed by atoms with Gasteiger partial charge in [0.15, 0.2) is 0 Å². The first-order chi connectivity index (χ1) is 15.7. The van der Waals surface area contributed by atoms with Crippen LogP contribution in [-0.2, 0) is 38.7 Å². The minimum Gasteiger partial charge on any atom is -0.465 e. The largest absolute Gasteiger partial charge is 0.465 e. The van der Waals surface area contributed by atoms with Gasteiger partial charge in [0.25, 0.3) is 10.1 Å². The third kappa shape index (κ3) is 3.96. The Morgan fingerprint density at radius 2 is 1.85 bits per heavy atom. The van der Waals surface area contributed by atoms with Crippen LogP contribution in [0.2, 0.25) is 0 Å². The van der Waals surface area contributed by atoms with E-state index in [1.807, 2.05) is 13.0 Å². The molecule has 34 heavy (non-hydrogen) atoms. The van der Waals surface area contributed by atoms with Crippen LogP contribution in [0.5, 0.6) is 0 Å². The molecule has 1 aliphatic heterocycles. The monoisotopic (exact) mass is 498 g/mol. The number of esters is 3. The van der Waals surface area contributed by atoms with E-state index < -0.39 is 62.0 Å². The summed E-state index contributed by atoms with van der Waals surface area (Å²) in [6.07, 6.45) is 4.18. The first kappa shape index (κ1) is 25.2. The molecule has 0 spiro atoms. The molecule has 4 rings (SSSR count). The molecule has 1 saturated heterocycles. The number of carbonyl (C=O) groups excluding carboxylic acids is 3. The molecule has 3 aliphatic carbocycles. The van der Waals surface area contributed by atoms with Gasteiger partial charge in [-0.05, 0) is 49.4 Å². The molecule has 9 nitrogen and oxygen atoms in total. The summed E-state index contributed by atoms with van der Waals surface area (Å²) in [4.78, 5) is 36.0. The van der Waals surface area contributed by atoms with E-state index in [2.05, 4.69) is 6.92 Å². The van der Waals surface area contributed by atoms with Crippen molar-refractivity contribution in [3.05, 3.63) is 11.6 Å². The second-order valence-electron chi connectivity index (χ2n) is 11.1. The van der Waals surface area contributed by atoms with Crippen molar-refractivity contribution >= 4 is 28.0 Å². The summed E-state index contributed by atoms with van der Waals surface area (Å²) < 4.78 is 51.0. The molecule has 0 aromatic heterocycles. The van der Waals surface area contributed by atoms with E-state index in [0.717, 1.165) is 0 Å². The Bertz CT molecular complexity index is 1030. The van der Waals surface area contributed by atoms with Crippen LogP contribution in [0.25, 0.3) is 0 Å². The number of cyclic esters (lactones) is 1. The van der Waals surface area contributed by atoms with Crippen LogP contribution in [0, 0.1) is 34.0 Å². The van der Waals surface area contributed by atoms with E-state index in [-0.39, 0.29) is 25.0 Å². The van der Waals surface area contributed by atoms with Crippen LogP contribution in [0.15, 0.2) is 11.6 Å². The van der Waals surface area contributed by atoms with Crippen molar-refractivity contribution in [1.29, 1.82) is 0 Å². The summed E-state index contributed by atoms with van der Waals surface area (Å²) in [6.45, 7) is 7.01. The molecule has 1 heterocycles. The van der Waals surface area contributed by atoms with E-state index in [1.165, 1.54) is 13.8 Å². The van der Waals surface area contributed by atoms with Crippen LogP contribution >= 0.6 is 0 Å². The second-order valence-corrected chi connectivity index (χ2v) is 12.5. The lowest BCUT2D eigenvalue weighted by atomic mass is 9.39. The zero-order valence-electron chi connectivity index (χ0n) is 20.2. The summed E-state index contributed by atoms with van der Waals surface area (Å²) >= 11 is 0. The highest BCUT2D eigenvalue weighted by Crippen LogP contribution is 2.69. The van der Waals surface area contributed by atoms with E-state index in [0.29, 0.717) is 37.7 Å². The highest BCUT2D eigenvalue weighted by Gasteiger charge is 2.68. The maximum Gasteiger partial charge on any atom is 0.334 e. The van der Waals surface area contributed by atoms with Crippen LogP contribution in [0.4, 0.5) is 0 Å². The fraction of sp³-hybridized carbons (Fsp3) is 0.792. The Balaban J connectivity index is 1.79. The summed E-state index contributed by atoms with van der Waals surface area (Å²) in [5.41, 5.74) is -1.40. The molecule has 0 radical (unpaired) electrons. The van der Waals surface area contributed by atoms with Gasteiger partial charge in [0.2, 0.25) is 0 Å². The van der Waals surface area contributed by atoms with Gasteiger partial charge >= 0.3 is 17.9 Å². The van der Waals surface area contributed by atoms with Gasteiger partial charge in [-0.3, -0.25) is 14.1 Å². The normalized spacial score (nSPS) is 41.3. The first-order valence-corrected chi connectivity index (χ1v) is 13.5. The number of rotatable bonds is 5. The zero-order chi connectivity index (χ0) is 25.1. The minimum absolute atomic E-state index is 0.0371. The summed E-state index contributed by atoms with van der Waals surface area (Å²) in [6, 6.07) is 0. The lowest BCUT2D eigenvalue weighted by Gasteiger charge is -2.66. The van der Waals surface area contributed by atoms with Crippen molar-refractivity contribution in [2.75, 3.05) is 19.0 Å². The molecule has 0 aromatic rings. The zero-order valence-corrected chi connectivity index (χ0v) is 21.0. The Hall–Kier alpha value is -1.94. The number of hydrogen-bond acceptors (Lipinski definition) is 8. The van der Waals surface area contributed by atoms with Gasteiger partial charge in [0.1, 0.15) is 12.7 Å². The summed E-state index contributed by atoms with van der Waals surface area (Å²) in [5, 5.41) is 0. The second kappa shape index (κ2) is 8.33. The highest BCUT2D eigenvalue weighted by atomic mass is 32.2. The van der Waals surface area contributed by atoms with Gasteiger partial charge in [0, 0.05) is 36.2 Å². The van der Waals surface area contributed by atoms with Gasteiger partial charge in [0.05, 0.1) is 12.4 Å². The molecule has 10 heteroatoms. The van der Waals surface area contributed by atoms with Crippen LogP contribution in [0.3, 0.4) is 0 Å². The molecule has 0 bridgehead atoms. The molecular weight excluding hydrogens is 464 g/mol. The molecular formula is C24H34O9S. The lowest BCUT2D eigenvalue weighted by molar-refractivity contribution is -0.213. The first-order valence-electron chi connectivity index (χ1n) is 11.9. The fourth-order valence-electron chi connectivity index (χ4n) is 8.04. The van der Waals surface area contributed by atoms with Crippen molar-refractivity contribution in [3.63, 3.8) is 0 Å². The molecule has 1 N–H and O–H groups in total. The van der Waals surface area contributed by atoms with Gasteiger partial charge in [-0.2, -0.15) is 8.42 Å². The lowest BCUT2D eigenvalue weighted by Crippen LogP contribution is -2.64. The SMILES string of the molecule is CC(=O)OC[C@@]1(C)C2CC[C@]3(CS(=O)(=O)O)C4COC(=O)C4=CCC3[C@]2(C)CC[C@H]1OC(C)=O.